The van der Waals surface area contributed by atoms with Gasteiger partial charge in [-0.05, 0) is 18.2 Å². The van der Waals surface area contributed by atoms with Gasteiger partial charge in [-0.2, -0.15) is 0 Å². The quantitative estimate of drug-likeness (QED) is 0.521. The lowest BCUT2D eigenvalue weighted by Gasteiger charge is -2.35. The van der Waals surface area contributed by atoms with Crippen LogP contribution in [0.2, 0.25) is 0 Å². The number of amides is 1. The molecule has 124 valence electrons. The Labute approximate surface area is 138 Å². The van der Waals surface area contributed by atoms with Crippen molar-refractivity contribution in [1.82, 2.24) is 9.88 Å². The van der Waals surface area contributed by atoms with E-state index in [1.54, 1.807) is 35.2 Å². The standard InChI is InChI=1S/C16H17N5O3/c17-14-4-2-1-3-13(14)16(22)20-9-7-19(8-10-20)15-6-5-12(11-18-15)21(23)24/h1-6,11H,7-10,17H2. The van der Waals surface area contributed by atoms with Gasteiger partial charge in [-0.1, -0.05) is 12.1 Å². The van der Waals surface area contributed by atoms with Crippen molar-refractivity contribution in [3.05, 3.63) is 58.3 Å². The van der Waals surface area contributed by atoms with Gasteiger partial charge in [-0.15, -0.1) is 0 Å². The number of piperazine rings is 1. The maximum absolute atomic E-state index is 12.5. The number of carbonyl (C=O) groups excluding carboxylic acids is 1. The summed E-state index contributed by atoms with van der Waals surface area (Å²) in [6.45, 7) is 2.32. The minimum atomic E-state index is -0.475. The Hall–Kier alpha value is -3.16. The third kappa shape index (κ3) is 3.12. The summed E-state index contributed by atoms with van der Waals surface area (Å²) >= 11 is 0. The number of para-hydroxylation sites is 1. The summed E-state index contributed by atoms with van der Waals surface area (Å²) in [5.41, 5.74) is 6.81. The molecular weight excluding hydrogens is 310 g/mol. The highest BCUT2D eigenvalue weighted by Gasteiger charge is 2.24. The zero-order valence-corrected chi connectivity index (χ0v) is 13.0. The first-order valence-electron chi connectivity index (χ1n) is 7.55. The van der Waals surface area contributed by atoms with Crippen LogP contribution in [0.3, 0.4) is 0 Å². The van der Waals surface area contributed by atoms with Crippen molar-refractivity contribution >= 4 is 23.1 Å². The highest BCUT2D eigenvalue weighted by molar-refractivity contribution is 5.99. The molecule has 0 unspecified atom stereocenters. The number of hydrogen-bond acceptors (Lipinski definition) is 6. The van der Waals surface area contributed by atoms with Crippen molar-refractivity contribution in [1.29, 1.82) is 0 Å². The van der Waals surface area contributed by atoms with Crippen LogP contribution in [0.25, 0.3) is 0 Å². The summed E-state index contributed by atoms with van der Waals surface area (Å²) < 4.78 is 0. The molecule has 3 rings (SSSR count). The molecule has 0 bridgehead atoms. The number of rotatable bonds is 3. The molecule has 1 aliphatic rings. The van der Waals surface area contributed by atoms with E-state index in [0.29, 0.717) is 43.2 Å². The summed E-state index contributed by atoms with van der Waals surface area (Å²) in [7, 11) is 0. The van der Waals surface area contributed by atoms with Gasteiger partial charge in [0.1, 0.15) is 12.0 Å². The van der Waals surface area contributed by atoms with Crippen molar-refractivity contribution in [2.24, 2.45) is 0 Å². The monoisotopic (exact) mass is 327 g/mol. The second-order valence-corrected chi connectivity index (χ2v) is 5.50. The molecule has 1 saturated heterocycles. The van der Waals surface area contributed by atoms with Crippen LogP contribution in [-0.4, -0.2) is 46.9 Å². The van der Waals surface area contributed by atoms with Crippen LogP contribution in [0.4, 0.5) is 17.2 Å². The minimum Gasteiger partial charge on any atom is -0.398 e. The predicted octanol–water partition coefficient (Wildman–Crippen LogP) is 1.53. The Balaban J connectivity index is 1.64. The summed E-state index contributed by atoms with van der Waals surface area (Å²) in [4.78, 5) is 30.6. The Morgan fingerprint density at radius 1 is 1.12 bits per heavy atom. The van der Waals surface area contributed by atoms with Gasteiger partial charge in [0.15, 0.2) is 0 Å². The molecule has 1 aliphatic heterocycles. The molecule has 0 aliphatic carbocycles. The molecule has 2 heterocycles. The number of nitrogens with zero attached hydrogens (tertiary/aromatic N) is 4. The number of carbonyl (C=O) groups is 1. The van der Waals surface area contributed by atoms with E-state index in [4.69, 9.17) is 5.73 Å². The Morgan fingerprint density at radius 3 is 2.42 bits per heavy atom. The molecule has 1 fully saturated rings. The molecule has 0 saturated carbocycles. The van der Waals surface area contributed by atoms with Gasteiger partial charge < -0.3 is 15.5 Å². The molecule has 0 atom stereocenters. The second-order valence-electron chi connectivity index (χ2n) is 5.50. The number of nitrogens with two attached hydrogens (primary N) is 1. The molecule has 8 nitrogen and oxygen atoms in total. The zero-order valence-electron chi connectivity index (χ0n) is 13.0. The van der Waals surface area contributed by atoms with Crippen molar-refractivity contribution < 1.29 is 9.72 Å². The van der Waals surface area contributed by atoms with Crippen LogP contribution in [0, 0.1) is 10.1 Å². The number of aromatic nitrogens is 1. The normalized spacial score (nSPS) is 14.5. The van der Waals surface area contributed by atoms with Gasteiger partial charge in [-0.25, -0.2) is 4.98 Å². The van der Waals surface area contributed by atoms with E-state index in [0.717, 1.165) is 0 Å². The molecule has 0 spiro atoms. The van der Waals surface area contributed by atoms with Gasteiger partial charge in [-0.3, -0.25) is 14.9 Å². The number of hydrogen-bond donors (Lipinski definition) is 1. The Bertz CT molecular complexity index is 755. The number of pyridine rings is 1. The Kier molecular flexibility index (Phi) is 4.28. The van der Waals surface area contributed by atoms with Crippen LogP contribution in [0.5, 0.6) is 0 Å². The minimum absolute atomic E-state index is 0.0351. The fourth-order valence-electron chi connectivity index (χ4n) is 2.67. The van der Waals surface area contributed by atoms with Crippen LogP contribution >= 0.6 is 0 Å². The first-order valence-corrected chi connectivity index (χ1v) is 7.55. The first kappa shape index (κ1) is 15.7. The molecule has 1 aromatic heterocycles. The first-order chi connectivity index (χ1) is 11.6. The fourth-order valence-corrected chi connectivity index (χ4v) is 2.67. The van der Waals surface area contributed by atoms with Gasteiger partial charge >= 0.3 is 0 Å². The predicted molar refractivity (Wildman–Crippen MR) is 89.9 cm³/mol. The van der Waals surface area contributed by atoms with Crippen LogP contribution < -0.4 is 10.6 Å². The number of anilines is 2. The summed E-state index contributed by atoms with van der Waals surface area (Å²) in [5.74, 6) is 0.594. The van der Waals surface area contributed by atoms with E-state index in [-0.39, 0.29) is 11.6 Å². The van der Waals surface area contributed by atoms with E-state index in [1.165, 1.54) is 12.3 Å². The van der Waals surface area contributed by atoms with E-state index < -0.39 is 4.92 Å². The number of nitrogen functional groups attached to an aromatic ring is 1. The lowest BCUT2D eigenvalue weighted by Crippen LogP contribution is -2.49. The molecule has 1 aromatic carbocycles. The maximum Gasteiger partial charge on any atom is 0.287 e. The van der Waals surface area contributed by atoms with E-state index in [9.17, 15) is 14.9 Å². The van der Waals surface area contributed by atoms with Crippen LogP contribution in [0.1, 0.15) is 10.4 Å². The maximum atomic E-state index is 12.5. The van der Waals surface area contributed by atoms with E-state index >= 15 is 0 Å². The zero-order chi connectivity index (χ0) is 17.1. The average Bonchev–Trinajstić information content (AvgIpc) is 2.62. The van der Waals surface area contributed by atoms with Gasteiger partial charge in [0, 0.05) is 37.9 Å². The highest BCUT2D eigenvalue weighted by atomic mass is 16.6. The van der Waals surface area contributed by atoms with Crippen molar-refractivity contribution in [3.8, 4) is 0 Å². The molecule has 0 radical (unpaired) electrons. The highest BCUT2D eigenvalue weighted by Crippen LogP contribution is 2.19. The van der Waals surface area contributed by atoms with Crippen LogP contribution in [0.15, 0.2) is 42.6 Å². The topological polar surface area (TPSA) is 106 Å². The van der Waals surface area contributed by atoms with E-state index in [2.05, 4.69) is 4.98 Å². The molecule has 8 heteroatoms. The average molecular weight is 327 g/mol. The number of nitro groups is 1. The molecule has 2 aromatic rings. The third-order valence-electron chi connectivity index (χ3n) is 4.03. The summed E-state index contributed by atoms with van der Waals surface area (Å²) in [6.07, 6.45) is 1.25. The van der Waals surface area contributed by atoms with E-state index in [1.807, 2.05) is 4.90 Å². The fraction of sp³-hybridized carbons (Fsp3) is 0.250. The molecular formula is C16H17N5O3. The SMILES string of the molecule is Nc1ccccc1C(=O)N1CCN(c2ccc([N+](=O)[O-])cn2)CC1. The van der Waals surface area contributed by atoms with Gasteiger partial charge in [0.25, 0.3) is 11.6 Å². The van der Waals surface area contributed by atoms with Gasteiger partial charge in [0.05, 0.1) is 10.5 Å². The second kappa shape index (κ2) is 6.53. The number of benzene rings is 1. The summed E-state index contributed by atoms with van der Waals surface area (Å²) in [5, 5.41) is 10.7. The van der Waals surface area contributed by atoms with Crippen molar-refractivity contribution in [2.45, 2.75) is 0 Å². The van der Waals surface area contributed by atoms with Crippen molar-refractivity contribution in [2.75, 3.05) is 36.8 Å². The summed E-state index contributed by atoms with van der Waals surface area (Å²) in [6, 6.07) is 10.1. The lowest BCUT2D eigenvalue weighted by molar-refractivity contribution is -0.385. The molecule has 2 N–H and O–H groups in total. The largest absolute Gasteiger partial charge is 0.398 e. The smallest absolute Gasteiger partial charge is 0.287 e. The Morgan fingerprint density at radius 2 is 1.83 bits per heavy atom. The third-order valence-corrected chi connectivity index (χ3v) is 4.03. The van der Waals surface area contributed by atoms with Gasteiger partial charge in [0.2, 0.25) is 0 Å². The lowest BCUT2D eigenvalue weighted by atomic mass is 10.1. The molecule has 1 amide bonds. The van der Waals surface area contributed by atoms with Crippen molar-refractivity contribution in [3.63, 3.8) is 0 Å². The molecule has 24 heavy (non-hydrogen) atoms. The van der Waals surface area contributed by atoms with Crippen LogP contribution in [-0.2, 0) is 0 Å².